The number of piperazine rings is 1. The normalized spacial score (nSPS) is 23.4. The van der Waals surface area contributed by atoms with Crippen LogP contribution in [-0.4, -0.2) is 53.7 Å². The summed E-state index contributed by atoms with van der Waals surface area (Å²) in [6.07, 6.45) is 0.226. The van der Waals surface area contributed by atoms with Crippen molar-refractivity contribution in [1.29, 1.82) is 0 Å². The number of hydrogen-bond acceptors (Lipinski definition) is 3. The van der Waals surface area contributed by atoms with Gasteiger partial charge in [0.15, 0.2) is 0 Å². The zero-order chi connectivity index (χ0) is 13.9. The molecular formula is C15H30N2O. The minimum atomic E-state index is 0.226. The Morgan fingerprint density at radius 1 is 1.33 bits per heavy atom. The van der Waals surface area contributed by atoms with E-state index < -0.39 is 0 Å². The van der Waals surface area contributed by atoms with E-state index in [4.69, 9.17) is 4.74 Å². The summed E-state index contributed by atoms with van der Waals surface area (Å²) in [4.78, 5) is 5.02. The van der Waals surface area contributed by atoms with Gasteiger partial charge in [-0.05, 0) is 41.5 Å². The highest BCUT2D eigenvalue weighted by atomic mass is 16.5. The van der Waals surface area contributed by atoms with Gasteiger partial charge < -0.3 is 4.74 Å². The Kier molecular flexibility index (Phi) is 5.23. The van der Waals surface area contributed by atoms with Gasteiger partial charge in [0, 0.05) is 31.2 Å². The van der Waals surface area contributed by atoms with E-state index in [2.05, 4.69) is 44.1 Å². The molecule has 1 atom stereocenters. The molecule has 1 heterocycles. The second kappa shape index (κ2) is 6.07. The summed E-state index contributed by atoms with van der Waals surface area (Å²) in [5.41, 5.74) is 0.270. The Bertz CT molecular complexity index is 281. The van der Waals surface area contributed by atoms with Crippen LogP contribution in [0.4, 0.5) is 0 Å². The monoisotopic (exact) mass is 254 g/mol. The van der Waals surface area contributed by atoms with Crippen molar-refractivity contribution in [2.45, 2.75) is 59.2 Å². The van der Waals surface area contributed by atoms with Crippen LogP contribution in [0.15, 0.2) is 12.3 Å². The molecule has 1 unspecified atom stereocenters. The van der Waals surface area contributed by atoms with Gasteiger partial charge in [0.05, 0.1) is 12.6 Å². The number of ether oxygens (including phenoxy) is 1. The standard InChI is InChI=1S/C15H30N2O/c1-12(2)18-14(4)11-16-8-9-17(10-13(16)3)15(5,6)7/h12-13H,4,8-11H2,1-3,5-7H3. The first kappa shape index (κ1) is 15.5. The van der Waals surface area contributed by atoms with E-state index in [1.54, 1.807) is 0 Å². The number of rotatable bonds is 4. The quantitative estimate of drug-likeness (QED) is 0.718. The van der Waals surface area contributed by atoms with Gasteiger partial charge in [0.25, 0.3) is 0 Å². The van der Waals surface area contributed by atoms with Gasteiger partial charge in [0.2, 0.25) is 0 Å². The fraction of sp³-hybridized carbons (Fsp3) is 0.867. The fourth-order valence-electron chi connectivity index (χ4n) is 2.44. The number of hydrogen-bond donors (Lipinski definition) is 0. The highest BCUT2D eigenvalue weighted by Crippen LogP contribution is 2.20. The molecule has 106 valence electrons. The minimum Gasteiger partial charge on any atom is -0.495 e. The van der Waals surface area contributed by atoms with E-state index in [0.29, 0.717) is 6.04 Å². The molecule has 1 aliphatic heterocycles. The van der Waals surface area contributed by atoms with Crippen molar-refractivity contribution in [1.82, 2.24) is 9.80 Å². The van der Waals surface area contributed by atoms with E-state index >= 15 is 0 Å². The van der Waals surface area contributed by atoms with Crippen LogP contribution in [0.3, 0.4) is 0 Å². The molecule has 18 heavy (non-hydrogen) atoms. The highest BCUT2D eigenvalue weighted by molar-refractivity contribution is 4.93. The second-order valence-electron chi connectivity index (χ2n) is 6.64. The Morgan fingerprint density at radius 3 is 2.39 bits per heavy atom. The smallest absolute Gasteiger partial charge is 0.103 e. The Morgan fingerprint density at radius 2 is 1.94 bits per heavy atom. The molecule has 3 heteroatoms. The molecular weight excluding hydrogens is 224 g/mol. The van der Waals surface area contributed by atoms with Crippen LogP contribution in [0.2, 0.25) is 0 Å². The topological polar surface area (TPSA) is 15.7 Å². The lowest BCUT2D eigenvalue weighted by molar-refractivity contribution is 0.0215. The van der Waals surface area contributed by atoms with Crippen LogP contribution < -0.4 is 0 Å². The van der Waals surface area contributed by atoms with Crippen LogP contribution in [-0.2, 0) is 4.74 Å². The average molecular weight is 254 g/mol. The van der Waals surface area contributed by atoms with Crippen molar-refractivity contribution in [3.8, 4) is 0 Å². The molecule has 0 radical (unpaired) electrons. The van der Waals surface area contributed by atoms with Crippen molar-refractivity contribution >= 4 is 0 Å². The molecule has 3 nitrogen and oxygen atoms in total. The first-order valence-electron chi connectivity index (χ1n) is 7.03. The summed E-state index contributed by atoms with van der Waals surface area (Å²) in [5.74, 6) is 0.890. The molecule has 0 bridgehead atoms. The van der Waals surface area contributed by atoms with Gasteiger partial charge in [-0.25, -0.2) is 0 Å². The summed E-state index contributed by atoms with van der Waals surface area (Å²) in [6, 6.07) is 0.561. The maximum atomic E-state index is 5.65. The SMILES string of the molecule is C=C(CN1CCN(C(C)(C)C)CC1C)OC(C)C. The van der Waals surface area contributed by atoms with Gasteiger partial charge >= 0.3 is 0 Å². The summed E-state index contributed by atoms with van der Waals surface area (Å²) in [6.45, 7) is 21.5. The maximum Gasteiger partial charge on any atom is 0.103 e. The summed E-state index contributed by atoms with van der Waals surface area (Å²) < 4.78 is 5.65. The molecule has 0 spiro atoms. The lowest BCUT2D eigenvalue weighted by Crippen LogP contribution is -2.57. The van der Waals surface area contributed by atoms with Crippen LogP contribution in [0, 0.1) is 0 Å². The third-order valence-electron chi connectivity index (χ3n) is 3.50. The van der Waals surface area contributed by atoms with Crippen molar-refractivity contribution in [2.24, 2.45) is 0 Å². The predicted molar refractivity (Wildman–Crippen MR) is 77.7 cm³/mol. The van der Waals surface area contributed by atoms with Gasteiger partial charge in [-0.1, -0.05) is 6.58 Å². The molecule has 1 rings (SSSR count). The highest BCUT2D eigenvalue weighted by Gasteiger charge is 2.30. The molecule has 0 saturated carbocycles. The van der Waals surface area contributed by atoms with Crippen LogP contribution in [0.25, 0.3) is 0 Å². The zero-order valence-corrected chi connectivity index (χ0v) is 13.0. The molecule has 0 aliphatic carbocycles. The first-order chi connectivity index (χ1) is 8.20. The lowest BCUT2D eigenvalue weighted by atomic mass is 10.0. The van der Waals surface area contributed by atoms with E-state index in [9.17, 15) is 0 Å². The summed E-state index contributed by atoms with van der Waals surface area (Å²) in [5, 5.41) is 0. The van der Waals surface area contributed by atoms with Crippen LogP contribution in [0.1, 0.15) is 41.5 Å². The van der Waals surface area contributed by atoms with Crippen molar-refractivity contribution in [3.63, 3.8) is 0 Å². The Hall–Kier alpha value is -0.540. The summed E-state index contributed by atoms with van der Waals surface area (Å²) >= 11 is 0. The average Bonchev–Trinajstić information content (AvgIpc) is 2.18. The van der Waals surface area contributed by atoms with Gasteiger partial charge in [-0.15, -0.1) is 0 Å². The van der Waals surface area contributed by atoms with Gasteiger partial charge in [-0.3, -0.25) is 9.80 Å². The molecule has 0 N–H and O–H groups in total. The molecule has 1 saturated heterocycles. The van der Waals surface area contributed by atoms with Crippen molar-refractivity contribution < 1.29 is 4.74 Å². The van der Waals surface area contributed by atoms with Crippen LogP contribution in [0.5, 0.6) is 0 Å². The molecule has 0 aromatic carbocycles. The van der Waals surface area contributed by atoms with Gasteiger partial charge in [-0.2, -0.15) is 0 Å². The third-order valence-corrected chi connectivity index (χ3v) is 3.50. The third kappa shape index (κ3) is 4.62. The van der Waals surface area contributed by atoms with E-state index in [1.807, 2.05) is 13.8 Å². The molecule has 1 aliphatic rings. The largest absolute Gasteiger partial charge is 0.495 e. The zero-order valence-electron chi connectivity index (χ0n) is 13.0. The number of nitrogens with zero attached hydrogens (tertiary/aromatic N) is 2. The fourth-order valence-corrected chi connectivity index (χ4v) is 2.44. The van der Waals surface area contributed by atoms with Gasteiger partial charge in [0.1, 0.15) is 5.76 Å². The van der Waals surface area contributed by atoms with Crippen molar-refractivity contribution in [2.75, 3.05) is 26.2 Å². The van der Waals surface area contributed by atoms with Crippen molar-refractivity contribution in [3.05, 3.63) is 12.3 Å². The van der Waals surface area contributed by atoms with E-state index in [0.717, 1.165) is 31.9 Å². The van der Waals surface area contributed by atoms with Crippen LogP contribution >= 0.6 is 0 Å². The Labute approximate surface area is 113 Å². The Balaban J connectivity index is 2.45. The first-order valence-corrected chi connectivity index (χ1v) is 7.03. The molecule has 0 amide bonds. The molecule has 0 aromatic heterocycles. The van der Waals surface area contributed by atoms with E-state index in [1.165, 1.54) is 0 Å². The maximum absolute atomic E-state index is 5.65. The minimum absolute atomic E-state index is 0.226. The molecule has 0 aromatic rings. The summed E-state index contributed by atoms with van der Waals surface area (Å²) in [7, 11) is 0. The lowest BCUT2D eigenvalue weighted by Gasteiger charge is -2.45. The predicted octanol–water partition coefficient (Wildman–Crippen LogP) is 2.73. The van der Waals surface area contributed by atoms with E-state index in [-0.39, 0.29) is 11.6 Å². The second-order valence-corrected chi connectivity index (χ2v) is 6.64. The molecule has 1 fully saturated rings.